The number of esters is 1. The number of nitrogens with one attached hydrogen (secondary N) is 1. The molecular weight excluding hydrogens is 738 g/mol. The number of unbranched alkanes of at least 4 members (excludes halogenated alkanes) is 14. The van der Waals surface area contributed by atoms with E-state index in [0.29, 0.717) is 132 Å². The van der Waals surface area contributed by atoms with Crippen LogP contribution in [0.1, 0.15) is 130 Å². The Morgan fingerprint density at radius 2 is 0.667 bits per heavy atom. The zero-order chi connectivity index (χ0) is 41.6. The molecule has 0 aliphatic carbocycles. The zero-order valence-electron chi connectivity index (χ0n) is 36.8. The lowest BCUT2D eigenvalue weighted by molar-refractivity contribution is -0.145. The number of carbonyl (C=O) groups excluding carboxylic acids is 2. The van der Waals surface area contributed by atoms with Crippen LogP contribution in [0.25, 0.3) is 0 Å². The maximum absolute atomic E-state index is 11.9. The summed E-state index contributed by atoms with van der Waals surface area (Å²) in [6, 6.07) is 0. The predicted molar refractivity (Wildman–Crippen MR) is 222 cm³/mol. The van der Waals surface area contributed by atoms with E-state index in [2.05, 4.69) is 12.2 Å². The largest absolute Gasteiger partial charge is 0.463 e. The first-order chi connectivity index (χ1) is 27.8. The predicted octanol–water partition coefficient (Wildman–Crippen LogP) is 7.47. The smallest absolute Gasteiger partial charge is 0.407 e. The quantitative estimate of drug-likeness (QED) is 0.0479. The van der Waals surface area contributed by atoms with Gasteiger partial charge in [0.25, 0.3) is 0 Å². The highest BCUT2D eigenvalue weighted by Crippen LogP contribution is 2.14. The van der Waals surface area contributed by atoms with Gasteiger partial charge in [0.2, 0.25) is 0 Å². The highest BCUT2D eigenvalue weighted by Gasteiger charge is 2.15. The van der Waals surface area contributed by atoms with Crippen molar-refractivity contribution in [1.29, 1.82) is 0 Å². The summed E-state index contributed by atoms with van der Waals surface area (Å²) in [4.78, 5) is 23.4. The molecule has 0 aromatic rings. The molecule has 0 aliphatic rings. The molecule has 14 heteroatoms. The molecule has 0 aromatic carbocycles. The minimum Gasteiger partial charge on any atom is -0.463 e. The number of hydrogen-bond acceptors (Lipinski definition) is 13. The van der Waals surface area contributed by atoms with Crippen LogP contribution in [0.4, 0.5) is 4.79 Å². The normalized spacial score (nSPS) is 11.6. The topological polar surface area (TPSA) is 148 Å². The van der Waals surface area contributed by atoms with Crippen molar-refractivity contribution < 1.29 is 61.7 Å². The van der Waals surface area contributed by atoms with E-state index in [1.54, 1.807) is 0 Å². The van der Waals surface area contributed by atoms with Crippen molar-refractivity contribution in [3.8, 4) is 0 Å². The van der Waals surface area contributed by atoms with E-state index in [4.69, 9.17) is 52.1 Å². The van der Waals surface area contributed by atoms with Gasteiger partial charge < -0.3 is 57.4 Å². The van der Waals surface area contributed by atoms with Crippen LogP contribution >= 0.6 is 0 Å². The van der Waals surface area contributed by atoms with E-state index in [9.17, 15) is 9.59 Å². The van der Waals surface area contributed by atoms with Crippen LogP contribution in [0.5, 0.6) is 0 Å². The Labute approximate surface area is 346 Å². The van der Waals surface area contributed by atoms with Gasteiger partial charge in [0.1, 0.15) is 12.2 Å². The summed E-state index contributed by atoms with van der Waals surface area (Å²) in [6.45, 7) is 16.8. The van der Waals surface area contributed by atoms with Crippen molar-refractivity contribution >= 4 is 12.1 Å². The third-order valence-corrected chi connectivity index (χ3v) is 8.37. The van der Waals surface area contributed by atoms with Gasteiger partial charge in [0.15, 0.2) is 0 Å². The monoisotopic (exact) mass is 824 g/mol. The fourth-order valence-electron chi connectivity index (χ4n) is 5.33. The lowest BCUT2D eigenvalue weighted by Gasteiger charge is -2.19. The van der Waals surface area contributed by atoms with Gasteiger partial charge in [-0.25, -0.2) is 4.79 Å². The summed E-state index contributed by atoms with van der Waals surface area (Å²) in [6.07, 6.45) is 19.7. The van der Waals surface area contributed by atoms with Crippen LogP contribution in [0.3, 0.4) is 0 Å². The van der Waals surface area contributed by atoms with Gasteiger partial charge in [-0.1, -0.05) is 96.8 Å². The van der Waals surface area contributed by atoms with Crippen LogP contribution in [-0.2, 0) is 56.9 Å². The Morgan fingerprint density at radius 1 is 0.386 bits per heavy atom. The fourth-order valence-corrected chi connectivity index (χ4v) is 5.33. The van der Waals surface area contributed by atoms with Crippen molar-refractivity contribution in [3.05, 3.63) is 0 Å². The molecule has 0 saturated carbocycles. The van der Waals surface area contributed by atoms with Gasteiger partial charge in [0.05, 0.1) is 119 Å². The number of carbonyl (C=O) groups is 2. The average Bonchev–Trinajstić information content (AvgIpc) is 3.17. The second-order valence-electron chi connectivity index (χ2n) is 14.9. The highest BCUT2D eigenvalue weighted by atomic mass is 16.6. The lowest BCUT2D eigenvalue weighted by atomic mass is 10.0. The number of ether oxygens (including phenoxy) is 11. The Balaban J connectivity index is 3.16. The molecule has 0 aliphatic heterocycles. The van der Waals surface area contributed by atoms with Crippen LogP contribution in [0.2, 0.25) is 0 Å². The summed E-state index contributed by atoms with van der Waals surface area (Å²) in [5.41, 5.74) is -0.514. The third-order valence-electron chi connectivity index (χ3n) is 8.37. The van der Waals surface area contributed by atoms with E-state index in [1.807, 2.05) is 20.8 Å². The van der Waals surface area contributed by atoms with Gasteiger partial charge in [0, 0.05) is 13.0 Å². The van der Waals surface area contributed by atoms with Crippen LogP contribution in [-0.4, -0.2) is 150 Å². The number of hydrogen-bond donors (Lipinski definition) is 1. The number of alkyl carbamates (subject to hydrolysis) is 1. The van der Waals surface area contributed by atoms with E-state index in [-0.39, 0.29) is 12.6 Å². The van der Waals surface area contributed by atoms with Crippen LogP contribution in [0, 0.1) is 0 Å². The standard InChI is InChI=1S/C43H85NO13/c1-5-6-7-8-9-10-11-12-13-14-15-16-17-18-19-20-41(45)56-40-39-55-38-37-54-36-35-53-34-33-52-32-31-51-30-29-50-28-27-49-26-25-48-24-23-47-22-21-44-42(46)57-43(2,3)4/h5-40H2,1-4H3,(H,44,46). The Kier molecular flexibility index (Phi) is 44.2. The zero-order valence-corrected chi connectivity index (χ0v) is 36.8. The molecule has 0 rings (SSSR count). The summed E-state index contributed by atoms with van der Waals surface area (Å²) >= 11 is 0. The summed E-state index contributed by atoms with van der Waals surface area (Å²) in [5, 5.41) is 2.63. The molecule has 340 valence electrons. The Hall–Kier alpha value is -1.62. The molecule has 0 aromatic heterocycles. The highest BCUT2D eigenvalue weighted by molar-refractivity contribution is 5.69. The Bertz CT molecular complexity index is 831. The molecule has 0 radical (unpaired) electrons. The second kappa shape index (κ2) is 45.5. The van der Waals surface area contributed by atoms with Crippen molar-refractivity contribution in [3.63, 3.8) is 0 Å². The van der Waals surface area contributed by atoms with Crippen molar-refractivity contribution in [2.75, 3.05) is 132 Å². The number of amides is 1. The lowest BCUT2D eigenvalue weighted by Crippen LogP contribution is -2.34. The molecule has 0 bridgehead atoms. The second-order valence-corrected chi connectivity index (χ2v) is 14.9. The van der Waals surface area contributed by atoms with Gasteiger partial charge in [-0.15, -0.1) is 0 Å². The SMILES string of the molecule is CCCCCCCCCCCCCCCCCC(=O)OCCOCCOCCOCCOCCOCCOCCOCCOCCOCCNC(=O)OC(C)(C)C. The van der Waals surface area contributed by atoms with Gasteiger partial charge in [-0.3, -0.25) is 4.79 Å². The maximum atomic E-state index is 11.9. The first-order valence-corrected chi connectivity index (χ1v) is 22.2. The minimum atomic E-state index is -0.514. The molecule has 0 fully saturated rings. The van der Waals surface area contributed by atoms with E-state index >= 15 is 0 Å². The molecule has 0 spiro atoms. The van der Waals surface area contributed by atoms with Gasteiger partial charge >= 0.3 is 12.1 Å². The number of rotatable bonds is 46. The molecule has 0 heterocycles. The average molecular weight is 824 g/mol. The van der Waals surface area contributed by atoms with Crippen LogP contribution in [0.15, 0.2) is 0 Å². The van der Waals surface area contributed by atoms with Gasteiger partial charge in [-0.05, 0) is 27.2 Å². The third kappa shape index (κ3) is 50.5. The molecule has 0 atom stereocenters. The van der Waals surface area contributed by atoms with E-state index in [1.165, 1.54) is 83.5 Å². The van der Waals surface area contributed by atoms with Crippen molar-refractivity contribution in [2.24, 2.45) is 0 Å². The van der Waals surface area contributed by atoms with Crippen molar-refractivity contribution in [1.82, 2.24) is 5.32 Å². The minimum absolute atomic E-state index is 0.134. The molecule has 1 N–H and O–H groups in total. The fraction of sp³-hybridized carbons (Fsp3) is 0.953. The molecular formula is C43H85NO13. The molecule has 1 amide bonds. The molecule has 0 saturated heterocycles. The summed E-state index contributed by atoms with van der Waals surface area (Å²) in [7, 11) is 0. The van der Waals surface area contributed by atoms with Crippen LogP contribution < -0.4 is 5.32 Å². The summed E-state index contributed by atoms with van der Waals surface area (Å²) < 4.78 is 59.7. The Morgan fingerprint density at radius 3 is 0.982 bits per heavy atom. The molecule has 14 nitrogen and oxygen atoms in total. The summed E-state index contributed by atoms with van der Waals surface area (Å²) in [5.74, 6) is -0.134. The van der Waals surface area contributed by atoms with E-state index in [0.717, 1.165) is 12.8 Å². The van der Waals surface area contributed by atoms with E-state index < -0.39 is 11.7 Å². The van der Waals surface area contributed by atoms with Crippen molar-refractivity contribution in [2.45, 2.75) is 136 Å². The molecule has 0 unspecified atom stereocenters. The first kappa shape index (κ1) is 55.4. The first-order valence-electron chi connectivity index (χ1n) is 22.2. The van der Waals surface area contributed by atoms with Gasteiger partial charge in [-0.2, -0.15) is 0 Å². The molecule has 57 heavy (non-hydrogen) atoms. The maximum Gasteiger partial charge on any atom is 0.407 e.